The Morgan fingerprint density at radius 3 is 2.42 bits per heavy atom. The molecule has 0 radical (unpaired) electrons. The van der Waals surface area contributed by atoms with Crippen LogP contribution >= 0.6 is 0 Å². The van der Waals surface area contributed by atoms with E-state index in [1.165, 1.54) is 0 Å². The predicted molar refractivity (Wildman–Crippen MR) is 89.0 cm³/mol. The summed E-state index contributed by atoms with van der Waals surface area (Å²) in [5, 5.41) is 2.99. The molecule has 2 aliphatic rings. The van der Waals surface area contributed by atoms with Gasteiger partial charge in [0.15, 0.2) is 18.1 Å². The van der Waals surface area contributed by atoms with Gasteiger partial charge in [-0.25, -0.2) is 0 Å². The molecule has 1 saturated heterocycles. The minimum absolute atomic E-state index is 0.0401. The zero-order valence-corrected chi connectivity index (χ0v) is 14.0. The Bertz CT molecular complexity index is 592. The van der Waals surface area contributed by atoms with Gasteiger partial charge in [-0.1, -0.05) is 12.1 Å². The largest absolute Gasteiger partial charge is 0.493 e. The highest BCUT2D eigenvalue weighted by molar-refractivity contribution is 5.81. The number of carbonyl (C=O) groups is 2. The number of nitrogens with one attached hydrogen (secondary N) is 1. The van der Waals surface area contributed by atoms with Crippen LogP contribution in [0.5, 0.6) is 11.5 Å². The lowest BCUT2D eigenvalue weighted by atomic mass is 10.0. The number of para-hydroxylation sites is 2. The molecule has 0 spiro atoms. The highest BCUT2D eigenvalue weighted by Crippen LogP contribution is 2.32. The average Bonchev–Trinajstić information content (AvgIpc) is 3.45. The number of hydrogen-bond donors (Lipinski definition) is 1. The number of likely N-dealkylation sites (tertiary alicyclic amines) is 1. The number of ether oxygens (including phenoxy) is 2. The second-order valence-electron chi connectivity index (χ2n) is 6.38. The van der Waals surface area contributed by atoms with E-state index >= 15 is 0 Å². The Balaban J connectivity index is 1.40. The van der Waals surface area contributed by atoms with Crippen molar-refractivity contribution in [1.29, 1.82) is 0 Å². The van der Waals surface area contributed by atoms with E-state index in [0.29, 0.717) is 17.4 Å². The normalized spacial score (nSPS) is 18.1. The first-order valence-electron chi connectivity index (χ1n) is 8.51. The minimum atomic E-state index is -0.145. The van der Waals surface area contributed by atoms with Gasteiger partial charge in [0.25, 0.3) is 5.91 Å². The van der Waals surface area contributed by atoms with Crippen LogP contribution in [0.4, 0.5) is 0 Å². The van der Waals surface area contributed by atoms with Crippen LogP contribution in [0.25, 0.3) is 0 Å². The maximum absolute atomic E-state index is 12.1. The fraction of sp³-hybridized carbons (Fsp3) is 0.556. The molecule has 1 aromatic carbocycles. The third kappa shape index (κ3) is 4.19. The van der Waals surface area contributed by atoms with E-state index in [0.717, 1.165) is 38.8 Å². The Kier molecular flexibility index (Phi) is 5.23. The molecule has 0 bridgehead atoms. The van der Waals surface area contributed by atoms with Crippen molar-refractivity contribution in [3.63, 3.8) is 0 Å². The maximum atomic E-state index is 12.1. The summed E-state index contributed by atoms with van der Waals surface area (Å²) in [6, 6.07) is 7.36. The highest BCUT2D eigenvalue weighted by atomic mass is 16.5. The number of carbonyl (C=O) groups excluding carboxylic acids is 2. The molecule has 1 heterocycles. The molecule has 2 amide bonds. The Labute approximate surface area is 142 Å². The maximum Gasteiger partial charge on any atom is 0.258 e. The van der Waals surface area contributed by atoms with Crippen LogP contribution in [0, 0.1) is 5.92 Å². The third-order valence-corrected chi connectivity index (χ3v) is 4.53. The first-order valence-corrected chi connectivity index (χ1v) is 8.51. The number of hydrogen-bond acceptors (Lipinski definition) is 4. The van der Waals surface area contributed by atoms with Crippen LogP contribution in [-0.4, -0.2) is 49.6 Å². The molecule has 0 atom stereocenters. The van der Waals surface area contributed by atoms with Gasteiger partial charge in [-0.05, 0) is 37.8 Å². The molecule has 130 valence electrons. The van der Waals surface area contributed by atoms with E-state index in [1.54, 1.807) is 19.2 Å². The predicted octanol–water partition coefficient (Wildman–Crippen LogP) is 1.59. The fourth-order valence-corrected chi connectivity index (χ4v) is 2.98. The molecule has 24 heavy (non-hydrogen) atoms. The summed E-state index contributed by atoms with van der Waals surface area (Å²) in [4.78, 5) is 26.0. The molecule has 0 unspecified atom stereocenters. The lowest BCUT2D eigenvalue weighted by Crippen LogP contribution is -2.47. The van der Waals surface area contributed by atoms with Crippen molar-refractivity contribution in [3.8, 4) is 11.5 Å². The zero-order chi connectivity index (χ0) is 16.9. The SMILES string of the molecule is COc1ccccc1OCC(=O)NC1CCN(C(=O)C2CC2)CC1. The van der Waals surface area contributed by atoms with Gasteiger partial charge in [0.2, 0.25) is 5.91 Å². The Morgan fingerprint density at radius 2 is 1.79 bits per heavy atom. The summed E-state index contributed by atoms with van der Waals surface area (Å²) < 4.78 is 10.7. The van der Waals surface area contributed by atoms with Crippen molar-refractivity contribution >= 4 is 11.8 Å². The van der Waals surface area contributed by atoms with E-state index < -0.39 is 0 Å². The van der Waals surface area contributed by atoms with Crippen molar-refractivity contribution in [2.75, 3.05) is 26.8 Å². The van der Waals surface area contributed by atoms with Crippen molar-refractivity contribution in [2.24, 2.45) is 5.92 Å². The monoisotopic (exact) mass is 332 g/mol. The third-order valence-electron chi connectivity index (χ3n) is 4.53. The number of methoxy groups -OCH3 is 1. The number of benzene rings is 1. The zero-order valence-electron chi connectivity index (χ0n) is 14.0. The quantitative estimate of drug-likeness (QED) is 0.859. The topological polar surface area (TPSA) is 67.9 Å². The second kappa shape index (κ2) is 7.55. The molecule has 6 heteroatoms. The lowest BCUT2D eigenvalue weighted by Gasteiger charge is -2.32. The van der Waals surface area contributed by atoms with Crippen molar-refractivity contribution in [3.05, 3.63) is 24.3 Å². The molecular weight excluding hydrogens is 308 g/mol. The summed E-state index contributed by atoms with van der Waals surface area (Å²) in [5.74, 6) is 1.58. The molecule has 2 fully saturated rings. The van der Waals surface area contributed by atoms with Gasteiger partial charge in [0.1, 0.15) is 0 Å². The van der Waals surface area contributed by atoms with Gasteiger partial charge < -0.3 is 19.7 Å². The molecule has 1 N–H and O–H groups in total. The Hall–Kier alpha value is -2.24. The van der Waals surface area contributed by atoms with Crippen LogP contribution in [-0.2, 0) is 9.59 Å². The van der Waals surface area contributed by atoms with Crippen LogP contribution in [0.3, 0.4) is 0 Å². The first-order chi connectivity index (χ1) is 11.7. The summed E-state index contributed by atoms with van der Waals surface area (Å²) >= 11 is 0. The van der Waals surface area contributed by atoms with E-state index in [-0.39, 0.29) is 24.5 Å². The van der Waals surface area contributed by atoms with E-state index in [2.05, 4.69) is 5.32 Å². The molecule has 1 aliphatic heterocycles. The van der Waals surface area contributed by atoms with Crippen molar-refractivity contribution in [2.45, 2.75) is 31.7 Å². The van der Waals surface area contributed by atoms with Gasteiger partial charge in [0, 0.05) is 25.0 Å². The van der Waals surface area contributed by atoms with Crippen molar-refractivity contribution < 1.29 is 19.1 Å². The molecule has 3 rings (SSSR count). The molecule has 0 aromatic heterocycles. The summed E-state index contributed by atoms with van der Waals surface area (Å²) in [5.41, 5.74) is 0. The molecule has 1 aliphatic carbocycles. The van der Waals surface area contributed by atoms with E-state index in [1.807, 2.05) is 17.0 Å². The van der Waals surface area contributed by atoms with Crippen LogP contribution < -0.4 is 14.8 Å². The van der Waals surface area contributed by atoms with E-state index in [9.17, 15) is 9.59 Å². The molecule has 1 aromatic rings. The lowest BCUT2D eigenvalue weighted by molar-refractivity contribution is -0.133. The summed E-state index contributed by atoms with van der Waals surface area (Å²) in [7, 11) is 1.57. The summed E-state index contributed by atoms with van der Waals surface area (Å²) in [6.45, 7) is 1.42. The number of nitrogens with zero attached hydrogens (tertiary/aromatic N) is 1. The molecule has 1 saturated carbocycles. The van der Waals surface area contributed by atoms with Crippen molar-refractivity contribution in [1.82, 2.24) is 10.2 Å². The summed E-state index contributed by atoms with van der Waals surface area (Å²) in [6.07, 6.45) is 3.68. The van der Waals surface area contributed by atoms with E-state index in [4.69, 9.17) is 9.47 Å². The smallest absolute Gasteiger partial charge is 0.258 e. The minimum Gasteiger partial charge on any atom is -0.493 e. The van der Waals surface area contributed by atoms with Gasteiger partial charge in [0.05, 0.1) is 7.11 Å². The van der Waals surface area contributed by atoms with Gasteiger partial charge in [-0.3, -0.25) is 9.59 Å². The van der Waals surface area contributed by atoms with Crippen LogP contribution in [0.1, 0.15) is 25.7 Å². The number of amides is 2. The average molecular weight is 332 g/mol. The second-order valence-corrected chi connectivity index (χ2v) is 6.38. The number of piperidine rings is 1. The fourth-order valence-electron chi connectivity index (χ4n) is 2.98. The molecule has 6 nitrogen and oxygen atoms in total. The molecular formula is C18H24N2O4. The van der Waals surface area contributed by atoms with Crippen LogP contribution in [0.2, 0.25) is 0 Å². The Morgan fingerprint density at radius 1 is 1.12 bits per heavy atom. The number of rotatable bonds is 6. The standard InChI is InChI=1S/C18H24N2O4/c1-23-15-4-2-3-5-16(15)24-12-17(21)19-14-8-10-20(11-9-14)18(22)13-6-7-13/h2-5,13-14H,6-12H2,1H3,(H,19,21). The first kappa shape index (κ1) is 16.6. The van der Waals surface area contributed by atoms with Gasteiger partial charge >= 0.3 is 0 Å². The van der Waals surface area contributed by atoms with Gasteiger partial charge in [-0.2, -0.15) is 0 Å². The van der Waals surface area contributed by atoms with Crippen LogP contribution in [0.15, 0.2) is 24.3 Å². The highest BCUT2D eigenvalue weighted by Gasteiger charge is 2.35. The van der Waals surface area contributed by atoms with Gasteiger partial charge in [-0.15, -0.1) is 0 Å².